The molecule has 32 heavy (non-hydrogen) atoms. The molecule has 0 saturated carbocycles. The van der Waals surface area contributed by atoms with Crippen LogP contribution in [0.5, 0.6) is 0 Å². The molecule has 4 aromatic rings. The fraction of sp³-hybridized carbons (Fsp3) is 0.185. The normalized spacial score (nSPS) is 14.6. The number of benzene rings is 3. The molecule has 1 fully saturated rings. The summed E-state index contributed by atoms with van der Waals surface area (Å²) in [5.41, 5.74) is 4.54. The molecule has 0 aliphatic carbocycles. The minimum Gasteiger partial charge on any atom is -0.363 e. The Hall–Kier alpha value is -3.70. The van der Waals surface area contributed by atoms with E-state index in [0.717, 1.165) is 18.7 Å². The monoisotopic (exact) mass is 423 g/mol. The number of rotatable bonds is 5. The van der Waals surface area contributed by atoms with Gasteiger partial charge in [0.15, 0.2) is 0 Å². The van der Waals surface area contributed by atoms with Gasteiger partial charge in [-0.25, -0.2) is 0 Å². The van der Waals surface area contributed by atoms with Crippen LogP contribution in [0.15, 0.2) is 102 Å². The van der Waals surface area contributed by atoms with E-state index in [1.807, 2.05) is 47.4 Å². The molecule has 1 saturated heterocycles. The van der Waals surface area contributed by atoms with Crippen LogP contribution in [0.3, 0.4) is 0 Å². The van der Waals surface area contributed by atoms with Gasteiger partial charge in [0.25, 0.3) is 5.91 Å². The molecule has 0 spiro atoms. The highest BCUT2D eigenvalue weighted by atomic mass is 16.5. The van der Waals surface area contributed by atoms with Crippen LogP contribution in [0.2, 0.25) is 0 Å². The van der Waals surface area contributed by atoms with E-state index < -0.39 is 0 Å². The maximum Gasteiger partial charge on any atom is 0.259 e. The Bertz CT molecular complexity index is 1110. The van der Waals surface area contributed by atoms with Gasteiger partial charge in [0.05, 0.1) is 6.04 Å². The zero-order valence-corrected chi connectivity index (χ0v) is 17.8. The predicted octanol–water partition coefficient (Wildman–Crippen LogP) is 4.89. The molecular formula is C27H25N3O2. The molecule has 1 aliphatic heterocycles. The number of amides is 1. The number of piperazine rings is 1. The highest BCUT2D eigenvalue weighted by Gasteiger charge is 2.30. The summed E-state index contributed by atoms with van der Waals surface area (Å²) in [5, 5.41) is 4.09. The Morgan fingerprint density at radius 3 is 1.84 bits per heavy atom. The predicted molar refractivity (Wildman–Crippen MR) is 124 cm³/mol. The zero-order chi connectivity index (χ0) is 21.8. The quantitative estimate of drug-likeness (QED) is 0.459. The fourth-order valence-electron chi connectivity index (χ4n) is 4.43. The number of hydrogen-bond acceptors (Lipinski definition) is 4. The van der Waals surface area contributed by atoms with Crippen LogP contribution in [-0.2, 0) is 0 Å². The van der Waals surface area contributed by atoms with Crippen molar-refractivity contribution in [1.29, 1.82) is 0 Å². The summed E-state index contributed by atoms with van der Waals surface area (Å²) in [4.78, 5) is 17.6. The average Bonchev–Trinajstić information content (AvgIpc) is 3.36. The van der Waals surface area contributed by atoms with Crippen molar-refractivity contribution in [2.75, 3.05) is 26.2 Å². The van der Waals surface area contributed by atoms with Gasteiger partial charge in [-0.05, 0) is 11.1 Å². The lowest BCUT2D eigenvalue weighted by atomic mass is 9.96. The smallest absolute Gasteiger partial charge is 0.259 e. The molecule has 0 unspecified atom stereocenters. The summed E-state index contributed by atoms with van der Waals surface area (Å²) in [6, 6.07) is 31.0. The van der Waals surface area contributed by atoms with Crippen molar-refractivity contribution in [2.24, 2.45) is 0 Å². The number of hydrogen-bond donors (Lipinski definition) is 0. The van der Waals surface area contributed by atoms with Crippen molar-refractivity contribution in [1.82, 2.24) is 15.0 Å². The molecule has 5 nitrogen and oxygen atoms in total. The van der Waals surface area contributed by atoms with Crippen LogP contribution in [-0.4, -0.2) is 47.0 Å². The first-order chi connectivity index (χ1) is 15.8. The third-order valence-corrected chi connectivity index (χ3v) is 6.04. The van der Waals surface area contributed by atoms with Crippen molar-refractivity contribution < 1.29 is 9.32 Å². The highest BCUT2D eigenvalue weighted by molar-refractivity contribution is 5.99. The van der Waals surface area contributed by atoms with Gasteiger partial charge < -0.3 is 9.42 Å². The molecule has 0 radical (unpaired) electrons. The van der Waals surface area contributed by atoms with Gasteiger partial charge in [-0.15, -0.1) is 0 Å². The summed E-state index contributed by atoms with van der Waals surface area (Å²) < 4.78 is 5.18. The van der Waals surface area contributed by atoms with Crippen molar-refractivity contribution in [3.05, 3.63) is 114 Å². The van der Waals surface area contributed by atoms with Crippen LogP contribution in [0, 0.1) is 0 Å². The summed E-state index contributed by atoms with van der Waals surface area (Å²) in [5.74, 6) is -0.0271. The number of carbonyl (C=O) groups excluding carboxylic acids is 1. The van der Waals surface area contributed by atoms with Crippen LogP contribution < -0.4 is 0 Å². The third kappa shape index (κ3) is 4.07. The molecule has 3 aromatic carbocycles. The summed E-state index contributed by atoms with van der Waals surface area (Å²) in [7, 11) is 0. The number of carbonyl (C=O) groups is 1. The zero-order valence-electron chi connectivity index (χ0n) is 17.8. The summed E-state index contributed by atoms with van der Waals surface area (Å²) in [6.45, 7) is 2.92. The summed E-state index contributed by atoms with van der Waals surface area (Å²) in [6.07, 6.45) is 1.47. The van der Waals surface area contributed by atoms with Gasteiger partial charge in [0, 0.05) is 31.7 Å². The van der Waals surface area contributed by atoms with Crippen LogP contribution in [0.1, 0.15) is 27.5 Å². The second-order valence-corrected chi connectivity index (χ2v) is 7.99. The van der Waals surface area contributed by atoms with Crippen molar-refractivity contribution in [2.45, 2.75) is 6.04 Å². The SMILES string of the molecule is O=C(c1conc1-c1ccccc1)N1CCN(C(c2ccccc2)c2ccccc2)CC1. The van der Waals surface area contributed by atoms with Crippen molar-refractivity contribution in [3.63, 3.8) is 0 Å². The first kappa shape index (κ1) is 20.2. The largest absolute Gasteiger partial charge is 0.363 e. The summed E-state index contributed by atoms with van der Waals surface area (Å²) >= 11 is 0. The van der Waals surface area contributed by atoms with Crippen LogP contribution in [0.4, 0.5) is 0 Å². The molecule has 0 atom stereocenters. The lowest BCUT2D eigenvalue weighted by Gasteiger charge is -2.39. The Labute approximate surface area is 187 Å². The fourth-order valence-corrected chi connectivity index (χ4v) is 4.43. The maximum atomic E-state index is 13.3. The Balaban J connectivity index is 1.34. The molecule has 1 aromatic heterocycles. The first-order valence-corrected chi connectivity index (χ1v) is 10.9. The van der Waals surface area contributed by atoms with E-state index >= 15 is 0 Å². The van der Waals surface area contributed by atoms with Gasteiger partial charge in [-0.3, -0.25) is 9.69 Å². The van der Waals surface area contributed by atoms with Gasteiger partial charge in [-0.2, -0.15) is 0 Å². The van der Waals surface area contributed by atoms with E-state index in [9.17, 15) is 4.79 Å². The molecule has 1 aliphatic rings. The van der Waals surface area contributed by atoms with Crippen molar-refractivity contribution >= 4 is 5.91 Å². The van der Waals surface area contributed by atoms with E-state index in [1.54, 1.807) is 0 Å². The first-order valence-electron chi connectivity index (χ1n) is 10.9. The third-order valence-electron chi connectivity index (χ3n) is 6.04. The van der Waals surface area contributed by atoms with E-state index in [-0.39, 0.29) is 11.9 Å². The Kier molecular flexibility index (Phi) is 5.81. The molecule has 0 bridgehead atoms. The van der Waals surface area contributed by atoms with E-state index in [0.29, 0.717) is 24.3 Å². The minimum atomic E-state index is -0.0271. The second-order valence-electron chi connectivity index (χ2n) is 7.99. The average molecular weight is 424 g/mol. The van der Waals surface area contributed by atoms with Crippen LogP contribution >= 0.6 is 0 Å². The van der Waals surface area contributed by atoms with E-state index in [1.165, 1.54) is 17.4 Å². The Morgan fingerprint density at radius 2 is 1.28 bits per heavy atom. The molecule has 0 N–H and O–H groups in total. The standard InChI is InChI=1S/C27H25N3O2/c31-27(24-20-32-28-25(24)21-10-4-1-5-11-21)30-18-16-29(17-19-30)26(22-12-6-2-7-13-22)23-14-8-3-9-15-23/h1-15,20,26H,16-19H2. The van der Waals surface area contributed by atoms with E-state index in [4.69, 9.17) is 4.52 Å². The van der Waals surface area contributed by atoms with Gasteiger partial charge >= 0.3 is 0 Å². The topological polar surface area (TPSA) is 49.6 Å². The Morgan fingerprint density at radius 1 is 0.750 bits per heavy atom. The maximum absolute atomic E-state index is 13.3. The highest BCUT2D eigenvalue weighted by Crippen LogP contribution is 2.30. The van der Waals surface area contributed by atoms with E-state index in [2.05, 4.69) is 58.6 Å². The molecule has 2 heterocycles. The minimum absolute atomic E-state index is 0.0271. The van der Waals surface area contributed by atoms with Gasteiger partial charge in [-0.1, -0.05) is 96.2 Å². The van der Waals surface area contributed by atoms with Gasteiger partial charge in [0.1, 0.15) is 17.5 Å². The number of nitrogens with zero attached hydrogens (tertiary/aromatic N) is 3. The molecule has 5 rings (SSSR count). The molecular weight excluding hydrogens is 398 g/mol. The molecule has 160 valence electrons. The lowest BCUT2D eigenvalue weighted by molar-refractivity contribution is 0.0597. The lowest BCUT2D eigenvalue weighted by Crippen LogP contribution is -2.49. The molecule has 1 amide bonds. The number of aromatic nitrogens is 1. The van der Waals surface area contributed by atoms with Crippen molar-refractivity contribution in [3.8, 4) is 11.3 Å². The van der Waals surface area contributed by atoms with Crippen LogP contribution in [0.25, 0.3) is 11.3 Å². The molecule has 5 heteroatoms. The second kappa shape index (κ2) is 9.20. The van der Waals surface area contributed by atoms with Gasteiger partial charge in [0.2, 0.25) is 0 Å².